The standard InChI is InChI=1S/C22H35N3O3/c23-16-19(17-25-14-12-18(13-15-25)22(27)28)21(26)24-20-10-8-6-4-2-1-3-5-7-9-11-20/h17-18,20H,1-15H2,(H,24,26)(H,27,28)/b19-17-. The van der Waals surface area contributed by atoms with E-state index in [4.69, 9.17) is 5.11 Å². The molecule has 2 N–H and O–H groups in total. The highest BCUT2D eigenvalue weighted by atomic mass is 16.4. The van der Waals surface area contributed by atoms with E-state index in [9.17, 15) is 14.9 Å². The second-order valence-electron chi connectivity index (χ2n) is 8.23. The highest BCUT2D eigenvalue weighted by molar-refractivity contribution is 5.97. The first-order chi connectivity index (χ1) is 13.6. The first-order valence-electron chi connectivity index (χ1n) is 11.0. The number of hydrogen-bond donors (Lipinski definition) is 2. The first-order valence-corrected chi connectivity index (χ1v) is 11.0. The van der Waals surface area contributed by atoms with Crippen LogP contribution in [0.2, 0.25) is 0 Å². The number of nitrogens with zero attached hydrogens (tertiary/aromatic N) is 2. The number of rotatable bonds is 4. The summed E-state index contributed by atoms with van der Waals surface area (Å²) in [5, 5.41) is 21.6. The third-order valence-corrected chi connectivity index (χ3v) is 6.00. The lowest BCUT2D eigenvalue weighted by Gasteiger charge is -2.29. The molecule has 0 atom stereocenters. The number of aliphatic carboxylic acids is 1. The number of hydrogen-bond acceptors (Lipinski definition) is 4. The van der Waals surface area contributed by atoms with Gasteiger partial charge in [-0.1, -0.05) is 57.8 Å². The van der Waals surface area contributed by atoms with Gasteiger partial charge in [-0.25, -0.2) is 0 Å². The van der Waals surface area contributed by atoms with Crippen LogP contribution in [0.1, 0.15) is 83.5 Å². The molecule has 1 amide bonds. The molecular weight excluding hydrogens is 354 g/mol. The number of carbonyl (C=O) groups is 2. The summed E-state index contributed by atoms with van der Waals surface area (Å²) in [5.41, 5.74) is 0.125. The molecule has 1 saturated heterocycles. The smallest absolute Gasteiger partial charge is 0.306 e. The Bertz CT molecular complexity index is 562. The summed E-state index contributed by atoms with van der Waals surface area (Å²) >= 11 is 0. The zero-order valence-electron chi connectivity index (χ0n) is 17.0. The predicted octanol–water partition coefficient (Wildman–Crippen LogP) is 3.98. The molecule has 156 valence electrons. The van der Waals surface area contributed by atoms with Gasteiger partial charge in [0.2, 0.25) is 0 Å². The number of nitrogens with one attached hydrogen (secondary N) is 1. The Kier molecular flexibility index (Phi) is 9.88. The van der Waals surface area contributed by atoms with Crippen molar-refractivity contribution in [3.05, 3.63) is 11.8 Å². The van der Waals surface area contributed by atoms with Gasteiger partial charge < -0.3 is 15.3 Å². The van der Waals surface area contributed by atoms with Crippen LogP contribution in [0.5, 0.6) is 0 Å². The Morgan fingerprint density at radius 3 is 1.86 bits per heavy atom. The van der Waals surface area contributed by atoms with Crippen molar-refractivity contribution in [2.75, 3.05) is 13.1 Å². The van der Waals surface area contributed by atoms with E-state index < -0.39 is 5.97 Å². The van der Waals surface area contributed by atoms with Crippen molar-refractivity contribution in [3.8, 4) is 6.07 Å². The van der Waals surface area contributed by atoms with E-state index >= 15 is 0 Å². The van der Waals surface area contributed by atoms with Crippen LogP contribution in [0.15, 0.2) is 11.8 Å². The molecule has 0 aromatic heterocycles. The minimum absolute atomic E-state index is 0.125. The van der Waals surface area contributed by atoms with Gasteiger partial charge >= 0.3 is 5.97 Å². The lowest BCUT2D eigenvalue weighted by atomic mass is 9.97. The van der Waals surface area contributed by atoms with Crippen LogP contribution in [-0.4, -0.2) is 41.0 Å². The second kappa shape index (κ2) is 12.4. The van der Waals surface area contributed by atoms with Crippen LogP contribution in [0.4, 0.5) is 0 Å². The lowest BCUT2D eigenvalue weighted by Crippen LogP contribution is -2.37. The number of carbonyl (C=O) groups excluding carboxylic acids is 1. The molecule has 0 unspecified atom stereocenters. The van der Waals surface area contributed by atoms with Crippen molar-refractivity contribution >= 4 is 11.9 Å². The Labute approximate surface area is 169 Å². The number of carboxylic acid groups (broad SMARTS) is 1. The maximum Gasteiger partial charge on any atom is 0.306 e. The van der Waals surface area contributed by atoms with Crippen LogP contribution < -0.4 is 5.32 Å². The van der Waals surface area contributed by atoms with Crippen molar-refractivity contribution in [2.24, 2.45) is 5.92 Å². The number of carboxylic acids is 1. The van der Waals surface area contributed by atoms with Gasteiger partial charge in [-0.15, -0.1) is 0 Å². The van der Waals surface area contributed by atoms with Crippen LogP contribution in [0, 0.1) is 17.2 Å². The molecule has 0 bridgehead atoms. The van der Waals surface area contributed by atoms with Crippen molar-refractivity contribution in [2.45, 2.75) is 89.5 Å². The summed E-state index contributed by atoms with van der Waals surface area (Å²) < 4.78 is 0. The maximum atomic E-state index is 12.6. The van der Waals surface area contributed by atoms with Crippen molar-refractivity contribution < 1.29 is 14.7 Å². The van der Waals surface area contributed by atoms with Gasteiger partial charge in [0.1, 0.15) is 11.6 Å². The Balaban J connectivity index is 1.88. The molecule has 0 aromatic carbocycles. The van der Waals surface area contributed by atoms with Crippen molar-refractivity contribution in [1.82, 2.24) is 10.2 Å². The topological polar surface area (TPSA) is 93.4 Å². The summed E-state index contributed by atoms with van der Waals surface area (Å²) in [7, 11) is 0. The molecule has 0 radical (unpaired) electrons. The van der Waals surface area contributed by atoms with Gasteiger partial charge in [0.15, 0.2) is 0 Å². The second-order valence-corrected chi connectivity index (χ2v) is 8.23. The van der Waals surface area contributed by atoms with Gasteiger partial charge in [0, 0.05) is 25.3 Å². The van der Waals surface area contributed by atoms with Crippen LogP contribution in [-0.2, 0) is 9.59 Å². The molecule has 1 aliphatic heterocycles. The molecule has 0 aromatic rings. The number of piperidine rings is 1. The fraction of sp³-hybridized carbons (Fsp3) is 0.773. The normalized spacial score (nSPS) is 21.8. The highest BCUT2D eigenvalue weighted by Crippen LogP contribution is 2.19. The Morgan fingerprint density at radius 2 is 1.39 bits per heavy atom. The highest BCUT2D eigenvalue weighted by Gasteiger charge is 2.24. The monoisotopic (exact) mass is 389 g/mol. The quantitative estimate of drug-likeness (QED) is 0.560. The molecule has 2 aliphatic rings. The van der Waals surface area contributed by atoms with E-state index in [1.54, 1.807) is 6.20 Å². The molecule has 1 saturated carbocycles. The number of amides is 1. The average molecular weight is 390 g/mol. The number of likely N-dealkylation sites (tertiary alicyclic amines) is 1. The van der Waals surface area contributed by atoms with Gasteiger partial charge in [0.05, 0.1) is 5.92 Å². The molecule has 1 aliphatic carbocycles. The van der Waals surface area contributed by atoms with E-state index in [1.165, 1.54) is 44.9 Å². The summed E-state index contributed by atoms with van der Waals surface area (Å²) in [6.07, 6.45) is 15.9. The molecule has 1 heterocycles. The van der Waals surface area contributed by atoms with Gasteiger partial charge in [-0.3, -0.25) is 9.59 Å². The summed E-state index contributed by atoms with van der Waals surface area (Å²) in [6, 6.07) is 2.17. The van der Waals surface area contributed by atoms with E-state index in [0.717, 1.165) is 25.7 Å². The summed E-state index contributed by atoms with van der Waals surface area (Å²) in [5.74, 6) is -1.37. The lowest BCUT2D eigenvalue weighted by molar-refractivity contribution is -0.143. The molecule has 6 nitrogen and oxygen atoms in total. The average Bonchev–Trinajstić information content (AvgIpc) is 2.68. The predicted molar refractivity (Wildman–Crippen MR) is 108 cm³/mol. The third-order valence-electron chi connectivity index (χ3n) is 6.00. The minimum Gasteiger partial charge on any atom is -0.481 e. The summed E-state index contributed by atoms with van der Waals surface area (Å²) in [6.45, 7) is 1.14. The van der Waals surface area contributed by atoms with Gasteiger partial charge in [0.25, 0.3) is 5.91 Å². The van der Waals surface area contributed by atoms with E-state index in [1.807, 2.05) is 11.0 Å². The molecule has 6 heteroatoms. The number of nitriles is 1. The van der Waals surface area contributed by atoms with Crippen molar-refractivity contribution in [1.29, 1.82) is 5.26 Å². The fourth-order valence-corrected chi connectivity index (χ4v) is 4.17. The van der Waals surface area contributed by atoms with Crippen LogP contribution in [0.3, 0.4) is 0 Å². The van der Waals surface area contributed by atoms with Gasteiger partial charge in [-0.2, -0.15) is 5.26 Å². The molecule has 2 fully saturated rings. The molecule has 2 rings (SSSR count). The maximum absolute atomic E-state index is 12.6. The molecular formula is C22H35N3O3. The molecule has 0 spiro atoms. The zero-order valence-corrected chi connectivity index (χ0v) is 17.0. The SMILES string of the molecule is N#C/C(=C/N1CCC(C(=O)O)CC1)C(=O)NC1CCCCCCCCCCC1. The third kappa shape index (κ3) is 7.92. The van der Waals surface area contributed by atoms with E-state index in [0.29, 0.717) is 25.9 Å². The van der Waals surface area contributed by atoms with E-state index in [-0.39, 0.29) is 23.4 Å². The van der Waals surface area contributed by atoms with Crippen LogP contribution in [0.25, 0.3) is 0 Å². The van der Waals surface area contributed by atoms with E-state index in [2.05, 4.69) is 5.32 Å². The van der Waals surface area contributed by atoms with Crippen molar-refractivity contribution in [3.63, 3.8) is 0 Å². The summed E-state index contributed by atoms with van der Waals surface area (Å²) in [4.78, 5) is 25.6. The Morgan fingerprint density at radius 1 is 0.893 bits per heavy atom. The molecule has 28 heavy (non-hydrogen) atoms. The largest absolute Gasteiger partial charge is 0.481 e. The minimum atomic E-state index is -0.760. The van der Waals surface area contributed by atoms with Gasteiger partial charge in [-0.05, 0) is 25.7 Å². The fourth-order valence-electron chi connectivity index (χ4n) is 4.17. The van der Waals surface area contributed by atoms with Crippen LogP contribution >= 0.6 is 0 Å². The first kappa shape index (κ1) is 22.3. The zero-order chi connectivity index (χ0) is 20.2. The Hall–Kier alpha value is -2.03.